The molecule has 0 saturated carbocycles. The third kappa shape index (κ3) is 4.77. The number of sulfonamides is 1. The maximum Gasteiger partial charge on any atom is 0.338 e. The lowest BCUT2D eigenvalue weighted by Gasteiger charge is -2.22. The highest BCUT2D eigenvalue weighted by Gasteiger charge is 2.26. The number of nitrogens with zero attached hydrogens (tertiary/aromatic N) is 1. The van der Waals surface area contributed by atoms with Crippen molar-refractivity contribution in [2.75, 3.05) is 22.7 Å². The minimum Gasteiger partial charge on any atom is -0.459 e. The predicted octanol–water partition coefficient (Wildman–Crippen LogP) is 4.31. The van der Waals surface area contributed by atoms with Gasteiger partial charge in [-0.15, -0.1) is 0 Å². The molecule has 0 amide bonds. The first-order valence-corrected chi connectivity index (χ1v) is 11.0. The van der Waals surface area contributed by atoms with Crippen LogP contribution in [-0.2, 0) is 14.8 Å². The topological polar surface area (TPSA) is 75.7 Å². The van der Waals surface area contributed by atoms with Gasteiger partial charge in [-0.1, -0.05) is 11.6 Å². The Balaban J connectivity index is 2.01. The molecule has 28 heavy (non-hydrogen) atoms. The van der Waals surface area contributed by atoms with Crippen LogP contribution in [0.15, 0.2) is 47.4 Å². The smallest absolute Gasteiger partial charge is 0.338 e. The summed E-state index contributed by atoms with van der Waals surface area (Å²) in [6.45, 7) is 5.05. The quantitative estimate of drug-likeness (QED) is 0.702. The van der Waals surface area contributed by atoms with Crippen LogP contribution in [-0.4, -0.2) is 33.6 Å². The lowest BCUT2D eigenvalue weighted by molar-refractivity contribution is 0.0377. The van der Waals surface area contributed by atoms with E-state index in [0.717, 1.165) is 25.9 Å². The Kier molecular flexibility index (Phi) is 6.15. The Morgan fingerprint density at radius 3 is 2.36 bits per heavy atom. The zero-order valence-corrected chi connectivity index (χ0v) is 17.4. The number of anilines is 2. The molecule has 0 aliphatic carbocycles. The summed E-state index contributed by atoms with van der Waals surface area (Å²) in [6.07, 6.45) is 1.71. The van der Waals surface area contributed by atoms with E-state index in [-0.39, 0.29) is 16.6 Å². The second-order valence-electron chi connectivity index (χ2n) is 6.94. The normalized spacial score (nSPS) is 14.4. The van der Waals surface area contributed by atoms with Crippen molar-refractivity contribution in [1.82, 2.24) is 0 Å². The zero-order chi connectivity index (χ0) is 20.3. The number of benzene rings is 2. The fraction of sp³-hybridized carbons (Fsp3) is 0.350. The molecule has 0 aromatic heterocycles. The van der Waals surface area contributed by atoms with E-state index in [1.54, 1.807) is 50.2 Å². The Labute approximate surface area is 170 Å². The first-order valence-electron chi connectivity index (χ1n) is 9.14. The molecule has 6 nitrogen and oxygen atoms in total. The third-order valence-electron chi connectivity index (χ3n) is 4.37. The Bertz CT molecular complexity index is 953. The van der Waals surface area contributed by atoms with Gasteiger partial charge in [0.25, 0.3) is 10.0 Å². The van der Waals surface area contributed by atoms with Crippen molar-refractivity contribution in [2.45, 2.75) is 37.7 Å². The first-order chi connectivity index (χ1) is 13.3. The third-order valence-corrected chi connectivity index (χ3v) is 6.03. The van der Waals surface area contributed by atoms with E-state index >= 15 is 0 Å². The van der Waals surface area contributed by atoms with Crippen LogP contribution < -0.4 is 9.62 Å². The SMILES string of the molecule is CC(C)OC(=O)c1ccc(N2CCCC2)c(S(=O)(=O)Nc2ccc(Cl)cc2)c1. The Morgan fingerprint density at radius 2 is 1.75 bits per heavy atom. The highest BCUT2D eigenvalue weighted by atomic mass is 35.5. The molecule has 1 saturated heterocycles. The number of rotatable bonds is 6. The lowest BCUT2D eigenvalue weighted by Crippen LogP contribution is -2.23. The number of carbonyl (C=O) groups excluding carboxylic acids is 1. The van der Waals surface area contributed by atoms with E-state index in [1.807, 2.05) is 4.90 Å². The summed E-state index contributed by atoms with van der Waals surface area (Å²) < 4.78 is 34.1. The summed E-state index contributed by atoms with van der Waals surface area (Å²) in [5, 5.41) is 0.513. The van der Waals surface area contributed by atoms with Gasteiger partial charge in [0.1, 0.15) is 4.90 Å². The molecule has 1 aliphatic rings. The second kappa shape index (κ2) is 8.41. The number of esters is 1. The maximum absolute atomic E-state index is 13.1. The molecule has 2 aromatic carbocycles. The molecule has 0 unspecified atom stereocenters. The Hall–Kier alpha value is -2.25. The molecule has 3 rings (SSSR count). The van der Waals surface area contributed by atoms with Gasteiger partial charge in [-0.3, -0.25) is 4.72 Å². The first kappa shape index (κ1) is 20.5. The van der Waals surface area contributed by atoms with E-state index in [1.165, 1.54) is 6.07 Å². The van der Waals surface area contributed by atoms with E-state index < -0.39 is 16.0 Å². The average molecular weight is 423 g/mol. The van der Waals surface area contributed by atoms with E-state index in [0.29, 0.717) is 16.4 Å². The molecule has 0 atom stereocenters. The summed E-state index contributed by atoms with van der Waals surface area (Å²) in [5.41, 5.74) is 1.18. The molecule has 1 N–H and O–H groups in total. The average Bonchev–Trinajstić information content (AvgIpc) is 3.17. The predicted molar refractivity (Wildman–Crippen MR) is 111 cm³/mol. The maximum atomic E-state index is 13.1. The van der Waals surface area contributed by atoms with Crippen LogP contribution in [0, 0.1) is 0 Å². The van der Waals surface area contributed by atoms with Crippen LogP contribution in [0.3, 0.4) is 0 Å². The molecule has 8 heteroatoms. The highest BCUT2D eigenvalue weighted by molar-refractivity contribution is 7.92. The van der Waals surface area contributed by atoms with Gasteiger partial charge >= 0.3 is 5.97 Å². The molecule has 2 aromatic rings. The van der Waals surface area contributed by atoms with Crippen molar-refractivity contribution >= 4 is 39.0 Å². The number of ether oxygens (including phenoxy) is 1. The molecule has 1 aliphatic heterocycles. The molecule has 0 radical (unpaired) electrons. The van der Waals surface area contributed by atoms with Crippen LogP contribution in [0.4, 0.5) is 11.4 Å². The molecule has 0 bridgehead atoms. The number of hydrogen-bond donors (Lipinski definition) is 1. The van der Waals surface area contributed by atoms with Crippen LogP contribution in [0.1, 0.15) is 37.0 Å². The van der Waals surface area contributed by atoms with E-state index in [2.05, 4.69) is 4.72 Å². The summed E-state index contributed by atoms with van der Waals surface area (Å²) >= 11 is 5.87. The zero-order valence-electron chi connectivity index (χ0n) is 15.8. The van der Waals surface area contributed by atoms with Crippen LogP contribution in [0.2, 0.25) is 5.02 Å². The largest absolute Gasteiger partial charge is 0.459 e. The number of halogens is 1. The summed E-state index contributed by atoms with van der Waals surface area (Å²) in [6, 6.07) is 11.1. The van der Waals surface area contributed by atoms with E-state index in [4.69, 9.17) is 16.3 Å². The number of hydrogen-bond acceptors (Lipinski definition) is 5. The van der Waals surface area contributed by atoms with Crippen molar-refractivity contribution in [3.8, 4) is 0 Å². The fourth-order valence-electron chi connectivity index (χ4n) is 3.09. The molecule has 1 fully saturated rings. The van der Waals surface area contributed by atoms with Gasteiger partial charge < -0.3 is 9.64 Å². The minimum atomic E-state index is -3.92. The standard InChI is InChI=1S/C20H23ClN2O4S/c1-14(2)27-20(24)15-5-10-18(23-11-3-4-12-23)19(13-15)28(25,26)22-17-8-6-16(21)7-9-17/h5-10,13-14,22H,3-4,11-12H2,1-2H3. The van der Waals surface area contributed by atoms with Crippen LogP contribution in [0.25, 0.3) is 0 Å². The van der Waals surface area contributed by atoms with Gasteiger partial charge in [0, 0.05) is 23.8 Å². The van der Waals surface area contributed by atoms with Crippen LogP contribution in [0.5, 0.6) is 0 Å². The van der Waals surface area contributed by atoms with Crippen molar-refractivity contribution in [3.05, 3.63) is 53.1 Å². The van der Waals surface area contributed by atoms with Crippen LogP contribution >= 0.6 is 11.6 Å². The summed E-state index contributed by atoms with van der Waals surface area (Å²) in [4.78, 5) is 14.4. The monoisotopic (exact) mass is 422 g/mol. The molecular weight excluding hydrogens is 400 g/mol. The molecule has 150 valence electrons. The number of carbonyl (C=O) groups is 1. The summed E-state index contributed by atoms with van der Waals surface area (Å²) in [7, 11) is -3.92. The van der Waals surface area contributed by atoms with Crippen molar-refractivity contribution in [1.29, 1.82) is 0 Å². The van der Waals surface area contributed by atoms with Crippen molar-refractivity contribution < 1.29 is 17.9 Å². The van der Waals surface area contributed by atoms with Crippen molar-refractivity contribution in [2.24, 2.45) is 0 Å². The van der Waals surface area contributed by atoms with Gasteiger partial charge in [0.05, 0.1) is 17.4 Å². The van der Waals surface area contributed by atoms with Crippen molar-refractivity contribution in [3.63, 3.8) is 0 Å². The molecular formula is C20H23ClN2O4S. The van der Waals surface area contributed by atoms with Gasteiger partial charge in [0.15, 0.2) is 0 Å². The fourth-order valence-corrected chi connectivity index (χ4v) is 4.52. The molecule has 0 spiro atoms. The van der Waals surface area contributed by atoms with Gasteiger partial charge in [0.2, 0.25) is 0 Å². The highest BCUT2D eigenvalue weighted by Crippen LogP contribution is 2.31. The van der Waals surface area contributed by atoms with Gasteiger partial charge in [-0.2, -0.15) is 0 Å². The minimum absolute atomic E-state index is 0.0579. The molecule has 1 heterocycles. The number of nitrogens with one attached hydrogen (secondary N) is 1. The summed E-state index contributed by atoms with van der Waals surface area (Å²) in [5.74, 6) is -0.550. The lowest BCUT2D eigenvalue weighted by atomic mass is 10.2. The van der Waals surface area contributed by atoms with E-state index in [9.17, 15) is 13.2 Å². The Morgan fingerprint density at radius 1 is 1.11 bits per heavy atom. The van der Waals surface area contributed by atoms with Gasteiger partial charge in [-0.25, -0.2) is 13.2 Å². The van der Waals surface area contributed by atoms with Gasteiger partial charge in [-0.05, 0) is 69.2 Å². The second-order valence-corrected chi connectivity index (χ2v) is 9.03.